The minimum atomic E-state index is -0.331. The van der Waals surface area contributed by atoms with Crippen molar-refractivity contribution in [3.8, 4) is 0 Å². The van der Waals surface area contributed by atoms with Crippen LogP contribution < -0.4 is 5.32 Å². The van der Waals surface area contributed by atoms with Crippen LogP contribution in [-0.4, -0.2) is 24.7 Å². The van der Waals surface area contributed by atoms with Crippen molar-refractivity contribution in [3.63, 3.8) is 0 Å². The Morgan fingerprint density at radius 3 is 2.92 bits per heavy atom. The zero-order chi connectivity index (χ0) is 9.14. The topological polar surface area (TPSA) is 38.3 Å². The van der Waals surface area contributed by atoms with Crippen LogP contribution >= 0.6 is 0 Å². The maximum absolute atomic E-state index is 11.2. The molecule has 0 bridgehead atoms. The van der Waals surface area contributed by atoms with Gasteiger partial charge in [-0.2, -0.15) is 0 Å². The zero-order valence-electron chi connectivity index (χ0n) is 7.54. The van der Waals surface area contributed by atoms with Crippen molar-refractivity contribution in [1.82, 2.24) is 5.32 Å². The third-order valence-electron chi connectivity index (χ3n) is 1.88. The van der Waals surface area contributed by atoms with Crippen LogP contribution in [0.25, 0.3) is 0 Å². The molecule has 0 spiro atoms. The van der Waals surface area contributed by atoms with Gasteiger partial charge in [0.2, 0.25) is 5.91 Å². The average molecular weight is 169 g/mol. The Kier molecular flexibility index (Phi) is 2.87. The van der Waals surface area contributed by atoms with Gasteiger partial charge in [-0.25, -0.2) is 0 Å². The first-order valence-electron chi connectivity index (χ1n) is 4.21. The molecule has 0 aromatic carbocycles. The molecule has 3 heteroatoms. The van der Waals surface area contributed by atoms with Gasteiger partial charge < -0.3 is 10.1 Å². The smallest absolute Gasteiger partial charge is 0.249 e. The predicted octanol–water partition coefficient (Wildman–Crippen LogP) is 0.712. The highest BCUT2D eigenvalue weighted by Gasteiger charge is 2.33. The number of ether oxygens (including phenoxy) is 1. The van der Waals surface area contributed by atoms with E-state index in [4.69, 9.17) is 4.74 Å². The molecule has 0 radical (unpaired) electrons. The van der Waals surface area contributed by atoms with Crippen molar-refractivity contribution in [2.24, 2.45) is 5.92 Å². The lowest BCUT2D eigenvalue weighted by Gasteiger charge is -2.16. The van der Waals surface area contributed by atoms with Gasteiger partial charge in [-0.3, -0.25) is 4.79 Å². The van der Waals surface area contributed by atoms with Crippen LogP contribution in [-0.2, 0) is 9.53 Å². The van der Waals surface area contributed by atoms with Gasteiger partial charge in [0.15, 0.2) is 0 Å². The van der Waals surface area contributed by atoms with Gasteiger partial charge in [-0.15, -0.1) is 6.58 Å². The van der Waals surface area contributed by atoms with E-state index in [1.54, 1.807) is 6.08 Å². The van der Waals surface area contributed by atoms with E-state index in [0.717, 1.165) is 0 Å². The molecule has 0 aromatic heterocycles. The van der Waals surface area contributed by atoms with E-state index in [-0.39, 0.29) is 24.0 Å². The molecule has 1 fully saturated rings. The molecule has 68 valence electrons. The quantitative estimate of drug-likeness (QED) is 0.632. The summed E-state index contributed by atoms with van der Waals surface area (Å²) in [6, 6.07) is 0. The van der Waals surface area contributed by atoms with Crippen molar-refractivity contribution < 1.29 is 9.53 Å². The van der Waals surface area contributed by atoms with Crippen LogP contribution in [0, 0.1) is 5.92 Å². The molecular weight excluding hydrogens is 154 g/mol. The Hall–Kier alpha value is -0.830. The fourth-order valence-electron chi connectivity index (χ4n) is 1.28. The number of rotatable bonds is 3. The summed E-state index contributed by atoms with van der Waals surface area (Å²) in [6.45, 7) is 8.16. The number of hydrogen-bond donors (Lipinski definition) is 1. The first kappa shape index (κ1) is 9.26. The van der Waals surface area contributed by atoms with Crippen LogP contribution in [0.2, 0.25) is 0 Å². The van der Waals surface area contributed by atoms with Crippen LogP contribution in [0.3, 0.4) is 0 Å². The SMILES string of the molecule is C=C[C@H]1CNC(=O)[C@@H]1OC(C)C. The first-order valence-corrected chi connectivity index (χ1v) is 4.21. The first-order chi connectivity index (χ1) is 5.65. The summed E-state index contributed by atoms with van der Waals surface area (Å²) in [5, 5.41) is 2.74. The second-order valence-electron chi connectivity index (χ2n) is 3.25. The molecule has 3 nitrogen and oxygen atoms in total. The Morgan fingerprint density at radius 1 is 1.75 bits per heavy atom. The highest BCUT2D eigenvalue weighted by Crippen LogP contribution is 2.16. The van der Waals surface area contributed by atoms with Crippen molar-refractivity contribution >= 4 is 5.91 Å². The molecule has 1 saturated heterocycles. The second-order valence-corrected chi connectivity index (χ2v) is 3.25. The number of carbonyl (C=O) groups is 1. The molecule has 1 N–H and O–H groups in total. The maximum Gasteiger partial charge on any atom is 0.249 e. The lowest BCUT2D eigenvalue weighted by atomic mass is 10.1. The highest BCUT2D eigenvalue weighted by atomic mass is 16.5. The Balaban J connectivity index is 2.57. The molecule has 1 aliphatic rings. The molecule has 0 unspecified atom stereocenters. The van der Waals surface area contributed by atoms with Gasteiger partial charge in [0.25, 0.3) is 0 Å². The van der Waals surface area contributed by atoms with Gasteiger partial charge in [0, 0.05) is 12.5 Å². The molecular formula is C9H15NO2. The molecule has 0 aliphatic carbocycles. The van der Waals surface area contributed by atoms with Gasteiger partial charge in [0.1, 0.15) is 6.10 Å². The summed E-state index contributed by atoms with van der Waals surface area (Å²) >= 11 is 0. The minimum absolute atomic E-state index is 0.0198. The summed E-state index contributed by atoms with van der Waals surface area (Å²) in [4.78, 5) is 11.2. The van der Waals surface area contributed by atoms with E-state index in [2.05, 4.69) is 11.9 Å². The average Bonchev–Trinajstić information content (AvgIpc) is 2.32. The van der Waals surface area contributed by atoms with Crippen molar-refractivity contribution in [2.75, 3.05) is 6.54 Å². The monoisotopic (exact) mass is 169 g/mol. The Morgan fingerprint density at radius 2 is 2.42 bits per heavy atom. The van der Waals surface area contributed by atoms with Crippen molar-refractivity contribution in [3.05, 3.63) is 12.7 Å². The van der Waals surface area contributed by atoms with Gasteiger partial charge >= 0.3 is 0 Å². The lowest BCUT2D eigenvalue weighted by molar-refractivity contribution is -0.132. The minimum Gasteiger partial charge on any atom is -0.365 e. The van der Waals surface area contributed by atoms with Gasteiger partial charge in [0.05, 0.1) is 6.10 Å². The second kappa shape index (κ2) is 3.72. The third kappa shape index (κ3) is 1.85. The largest absolute Gasteiger partial charge is 0.365 e. The van der Waals surface area contributed by atoms with Crippen LogP contribution in [0.15, 0.2) is 12.7 Å². The summed E-state index contributed by atoms with van der Waals surface area (Å²) in [7, 11) is 0. The van der Waals surface area contributed by atoms with E-state index >= 15 is 0 Å². The molecule has 12 heavy (non-hydrogen) atoms. The molecule has 1 aliphatic heterocycles. The van der Waals surface area contributed by atoms with Crippen LogP contribution in [0.5, 0.6) is 0 Å². The molecule has 0 saturated carbocycles. The predicted molar refractivity (Wildman–Crippen MR) is 46.7 cm³/mol. The third-order valence-corrected chi connectivity index (χ3v) is 1.88. The number of hydrogen-bond acceptors (Lipinski definition) is 2. The maximum atomic E-state index is 11.2. The lowest BCUT2D eigenvalue weighted by Crippen LogP contribution is -2.30. The summed E-state index contributed by atoms with van der Waals surface area (Å²) in [5.41, 5.74) is 0. The van der Waals surface area contributed by atoms with E-state index < -0.39 is 0 Å². The summed E-state index contributed by atoms with van der Waals surface area (Å²) < 4.78 is 5.44. The number of nitrogens with one attached hydrogen (secondary N) is 1. The number of carbonyl (C=O) groups excluding carboxylic acids is 1. The Labute approximate surface area is 72.8 Å². The standard InChI is InChI=1S/C9H15NO2/c1-4-7-5-10-9(11)8(7)12-6(2)3/h4,6-8H,1,5H2,2-3H3,(H,10,11)/t7-,8+/m0/s1. The fraction of sp³-hybridized carbons (Fsp3) is 0.667. The van der Waals surface area contributed by atoms with E-state index in [0.29, 0.717) is 6.54 Å². The van der Waals surface area contributed by atoms with E-state index in [1.807, 2.05) is 13.8 Å². The van der Waals surface area contributed by atoms with Gasteiger partial charge in [-0.1, -0.05) is 6.08 Å². The highest BCUT2D eigenvalue weighted by molar-refractivity contribution is 5.83. The zero-order valence-corrected chi connectivity index (χ0v) is 7.54. The Bertz CT molecular complexity index is 189. The summed E-state index contributed by atoms with van der Waals surface area (Å²) in [6.07, 6.45) is 1.52. The molecule has 2 atom stereocenters. The molecule has 1 rings (SSSR count). The molecule has 1 heterocycles. The normalized spacial score (nSPS) is 29.1. The van der Waals surface area contributed by atoms with Gasteiger partial charge in [-0.05, 0) is 13.8 Å². The van der Waals surface area contributed by atoms with Crippen molar-refractivity contribution in [2.45, 2.75) is 26.1 Å². The van der Waals surface area contributed by atoms with Crippen molar-refractivity contribution in [1.29, 1.82) is 0 Å². The van der Waals surface area contributed by atoms with Crippen LogP contribution in [0.4, 0.5) is 0 Å². The van der Waals surface area contributed by atoms with E-state index in [1.165, 1.54) is 0 Å². The molecule has 0 aromatic rings. The number of amides is 1. The summed E-state index contributed by atoms with van der Waals surface area (Å²) in [5.74, 6) is 0.105. The van der Waals surface area contributed by atoms with E-state index in [9.17, 15) is 4.79 Å². The fourth-order valence-corrected chi connectivity index (χ4v) is 1.28. The molecule has 1 amide bonds. The van der Waals surface area contributed by atoms with Crippen LogP contribution in [0.1, 0.15) is 13.8 Å².